The van der Waals surface area contributed by atoms with Gasteiger partial charge in [0.1, 0.15) is 5.54 Å². The normalized spacial score (nSPS) is 25.1. The molecule has 1 aliphatic carbocycles. The lowest BCUT2D eigenvalue weighted by Crippen LogP contribution is -2.63. The zero-order valence-corrected chi connectivity index (χ0v) is 11.6. The molecule has 4 nitrogen and oxygen atoms in total. The molecular weight excluding hydrogens is 228 g/mol. The molecule has 0 spiro atoms. The minimum Gasteiger partial charge on any atom is -0.480 e. The first-order valence-electron chi connectivity index (χ1n) is 7.28. The van der Waals surface area contributed by atoms with Crippen molar-refractivity contribution in [2.24, 2.45) is 5.92 Å². The lowest BCUT2D eigenvalue weighted by Gasteiger charge is -2.39. The largest absolute Gasteiger partial charge is 0.480 e. The van der Waals surface area contributed by atoms with E-state index in [0.717, 1.165) is 25.9 Å². The first kappa shape index (κ1) is 13.8. The first-order chi connectivity index (χ1) is 8.54. The molecular formula is C14H26N2O2. The summed E-state index contributed by atoms with van der Waals surface area (Å²) in [6.45, 7) is 6.86. The molecule has 2 rings (SSSR count). The number of piperidine rings is 1. The molecule has 18 heavy (non-hydrogen) atoms. The second-order valence-electron chi connectivity index (χ2n) is 6.19. The minimum atomic E-state index is -0.717. The van der Waals surface area contributed by atoms with Crippen LogP contribution in [0.2, 0.25) is 0 Å². The number of carboxylic acids is 1. The van der Waals surface area contributed by atoms with E-state index >= 15 is 0 Å². The van der Waals surface area contributed by atoms with Gasteiger partial charge in [-0.05, 0) is 58.5 Å². The summed E-state index contributed by atoms with van der Waals surface area (Å²) in [4.78, 5) is 14.2. The summed E-state index contributed by atoms with van der Waals surface area (Å²) in [5.41, 5.74) is -0.717. The summed E-state index contributed by atoms with van der Waals surface area (Å²) in [6.07, 6.45) is 5.82. The van der Waals surface area contributed by atoms with Crippen LogP contribution >= 0.6 is 0 Å². The molecule has 0 bridgehead atoms. The summed E-state index contributed by atoms with van der Waals surface area (Å²) in [5.74, 6) is -0.344. The first-order valence-corrected chi connectivity index (χ1v) is 7.28. The van der Waals surface area contributed by atoms with Crippen molar-refractivity contribution in [3.8, 4) is 0 Å². The van der Waals surface area contributed by atoms with Crippen LogP contribution in [0.1, 0.15) is 46.0 Å². The van der Waals surface area contributed by atoms with Gasteiger partial charge in [-0.25, -0.2) is 0 Å². The van der Waals surface area contributed by atoms with Gasteiger partial charge in [-0.2, -0.15) is 0 Å². The van der Waals surface area contributed by atoms with Gasteiger partial charge in [0, 0.05) is 12.6 Å². The zero-order valence-electron chi connectivity index (χ0n) is 11.6. The van der Waals surface area contributed by atoms with Gasteiger partial charge in [0.05, 0.1) is 0 Å². The molecule has 0 radical (unpaired) electrons. The fraction of sp³-hybridized carbons (Fsp3) is 0.929. The molecule has 0 amide bonds. The van der Waals surface area contributed by atoms with Crippen molar-refractivity contribution in [3.05, 3.63) is 0 Å². The maximum absolute atomic E-state index is 11.8. The summed E-state index contributed by atoms with van der Waals surface area (Å²) in [6, 6.07) is 0.214. The number of likely N-dealkylation sites (tertiary alicyclic amines) is 1. The molecule has 2 N–H and O–H groups in total. The Bertz CT molecular complexity index is 296. The molecule has 1 atom stereocenters. The summed E-state index contributed by atoms with van der Waals surface area (Å²) in [5, 5.41) is 13.1. The fourth-order valence-corrected chi connectivity index (χ4v) is 3.16. The quantitative estimate of drug-likeness (QED) is 0.757. The molecule has 1 heterocycles. The topological polar surface area (TPSA) is 52.6 Å². The molecule has 0 aromatic rings. The molecule has 1 unspecified atom stereocenters. The van der Waals surface area contributed by atoms with Gasteiger partial charge in [-0.1, -0.05) is 6.42 Å². The summed E-state index contributed by atoms with van der Waals surface area (Å²) >= 11 is 0. The average Bonchev–Trinajstić information content (AvgIpc) is 3.12. The molecule has 2 fully saturated rings. The molecule has 0 aromatic heterocycles. The van der Waals surface area contributed by atoms with Crippen LogP contribution in [0.15, 0.2) is 0 Å². The SMILES string of the molecule is CC(C)NC(CN1CCCCC1)(C(=O)O)C1CC1. The minimum absolute atomic E-state index is 0.214. The molecule has 4 heteroatoms. The van der Waals surface area contributed by atoms with E-state index in [1.807, 2.05) is 13.8 Å². The molecule has 1 aliphatic heterocycles. The monoisotopic (exact) mass is 254 g/mol. The Kier molecular flexibility index (Phi) is 4.28. The molecule has 104 valence electrons. The van der Waals surface area contributed by atoms with E-state index < -0.39 is 11.5 Å². The Morgan fingerprint density at radius 3 is 2.39 bits per heavy atom. The molecule has 2 aliphatic rings. The lowest BCUT2D eigenvalue weighted by atomic mass is 9.90. The van der Waals surface area contributed by atoms with Gasteiger partial charge in [-0.3, -0.25) is 10.1 Å². The van der Waals surface area contributed by atoms with Crippen LogP contribution < -0.4 is 5.32 Å². The van der Waals surface area contributed by atoms with Crippen LogP contribution in [-0.2, 0) is 4.79 Å². The third kappa shape index (κ3) is 3.04. The third-order valence-electron chi connectivity index (χ3n) is 4.12. The van der Waals surface area contributed by atoms with E-state index in [-0.39, 0.29) is 6.04 Å². The molecule has 0 aromatic carbocycles. The summed E-state index contributed by atoms with van der Waals surface area (Å²) < 4.78 is 0. The van der Waals surface area contributed by atoms with Crippen molar-refractivity contribution in [2.45, 2.75) is 57.5 Å². The zero-order chi connectivity index (χ0) is 13.2. The Morgan fingerprint density at radius 1 is 1.33 bits per heavy atom. The van der Waals surface area contributed by atoms with E-state index in [1.165, 1.54) is 19.3 Å². The van der Waals surface area contributed by atoms with E-state index in [9.17, 15) is 9.90 Å². The lowest BCUT2D eigenvalue weighted by molar-refractivity contribution is -0.147. The third-order valence-corrected chi connectivity index (χ3v) is 4.12. The average molecular weight is 254 g/mol. The maximum atomic E-state index is 11.8. The van der Waals surface area contributed by atoms with E-state index in [4.69, 9.17) is 0 Å². The Labute approximate surface area is 110 Å². The number of hydrogen-bond acceptors (Lipinski definition) is 3. The highest BCUT2D eigenvalue weighted by atomic mass is 16.4. The van der Waals surface area contributed by atoms with Crippen molar-refractivity contribution in [1.82, 2.24) is 10.2 Å². The summed E-state index contributed by atoms with van der Waals surface area (Å²) in [7, 11) is 0. The van der Waals surface area contributed by atoms with E-state index in [2.05, 4.69) is 10.2 Å². The van der Waals surface area contributed by atoms with Crippen molar-refractivity contribution >= 4 is 5.97 Å². The smallest absolute Gasteiger partial charge is 0.325 e. The Balaban J connectivity index is 2.08. The molecule has 1 saturated carbocycles. The van der Waals surface area contributed by atoms with Crippen LogP contribution in [-0.4, -0.2) is 47.2 Å². The Morgan fingerprint density at radius 2 is 1.94 bits per heavy atom. The highest BCUT2D eigenvalue weighted by molar-refractivity contribution is 5.80. The standard InChI is InChI=1S/C14H26N2O2/c1-11(2)15-14(13(17)18,12-6-7-12)10-16-8-4-3-5-9-16/h11-12,15H,3-10H2,1-2H3,(H,17,18). The van der Waals surface area contributed by atoms with Gasteiger partial charge in [0.15, 0.2) is 0 Å². The van der Waals surface area contributed by atoms with Crippen molar-refractivity contribution in [3.63, 3.8) is 0 Å². The van der Waals surface area contributed by atoms with Crippen LogP contribution in [0.3, 0.4) is 0 Å². The fourth-order valence-electron chi connectivity index (χ4n) is 3.16. The van der Waals surface area contributed by atoms with Gasteiger partial charge in [-0.15, -0.1) is 0 Å². The van der Waals surface area contributed by atoms with Crippen molar-refractivity contribution < 1.29 is 9.90 Å². The maximum Gasteiger partial charge on any atom is 0.325 e. The number of aliphatic carboxylic acids is 1. The number of hydrogen-bond donors (Lipinski definition) is 2. The second-order valence-corrected chi connectivity index (χ2v) is 6.19. The van der Waals surface area contributed by atoms with Gasteiger partial charge >= 0.3 is 5.97 Å². The number of carboxylic acid groups (broad SMARTS) is 1. The van der Waals surface area contributed by atoms with Crippen LogP contribution in [0.4, 0.5) is 0 Å². The molecule has 1 saturated heterocycles. The van der Waals surface area contributed by atoms with Crippen LogP contribution in [0.25, 0.3) is 0 Å². The van der Waals surface area contributed by atoms with Crippen LogP contribution in [0, 0.1) is 5.92 Å². The van der Waals surface area contributed by atoms with Crippen molar-refractivity contribution in [1.29, 1.82) is 0 Å². The van der Waals surface area contributed by atoms with Crippen molar-refractivity contribution in [2.75, 3.05) is 19.6 Å². The van der Waals surface area contributed by atoms with E-state index in [1.54, 1.807) is 0 Å². The number of rotatable bonds is 6. The van der Waals surface area contributed by atoms with Gasteiger partial charge < -0.3 is 10.0 Å². The predicted octanol–water partition coefficient (Wildman–Crippen LogP) is 1.70. The number of nitrogens with one attached hydrogen (secondary N) is 1. The number of nitrogens with zero attached hydrogens (tertiary/aromatic N) is 1. The highest BCUT2D eigenvalue weighted by Crippen LogP contribution is 2.41. The van der Waals surface area contributed by atoms with Gasteiger partial charge in [0.2, 0.25) is 0 Å². The number of carbonyl (C=O) groups is 1. The Hall–Kier alpha value is -0.610. The predicted molar refractivity (Wildman–Crippen MR) is 71.7 cm³/mol. The highest BCUT2D eigenvalue weighted by Gasteiger charge is 2.52. The van der Waals surface area contributed by atoms with Gasteiger partial charge in [0.25, 0.3) is 0 Å². The van der Waals surface area contributed by atoms with E-state index in [0.29, 0.717) is 12.5 Å². The second kappa shape index (κ2) is 5.57. The van der Waals surface area contributed by atoms with Crippen LogP contribution in [0.5, 0.6) is 0 Å².